The SMILES string of the molecule is CC(C)CC(N)C(=O)NCc1ccccc1[N+](=O)[O-]. The Morgan fingerprint density at radius 3 is 2.63 bits per heavy atom. The van der Waals surface area contributed by atoms with Crippen LogP contribution in [0.5, 0.6) is 0 Å². The maximum absolute atomic E-state index is 11.7. The van der Waals surface area contributed by atoms with Crippen molar-refractivity contribution in [3.8, 4) is 0 Å². The van der Waals surface area contributed by atoms with Crippen LogP contribution in [0.25, 0.3) is 0 Å². The molecule has 1 atom stereocenters. The second kappa shape index (κ2) is 6.84. The van der Waals surface area contributed by atoms with E-state index in [1.165, 1.54) is 6.07 Å². The minimum Gasteiger partial charge on any atom is -0.350 e. The number of nitrogens with two attached hydrogens (primary N) is 1. The molecule has 1 aromatic rings. The molecule has 19 heavy (non-hydrogen) atoms. The zero-order valence-electron chi connectivity index (χ0n) is 11.1. The molecule has 0 fully saturated rings. The molecule has 0 aliphatic carbocycles. The topological polar surface area (TPSA) is 98.3 Å². The molecule has 6 heteroatoms. The summed E-state index contributed by atoms with van der Waals surface area (Å²) in [6.07, 6.45) is 0.586. The highest BCUT2D eigenvalue weighted by molar-refractivity contribution is 5.81. The Kier molecular flexibility index (Phi) is 5.44. The van der Waals surface area contributed by atoms with Gasteiger partial charge in [0.25, 0.3) is 5.69 Å². The number of nitro benzene ring substituents is 1. The van der Waals surface area contributed by atoms with Crippen molar-refractivity contribution in [1.82, 2.24) is 5.32 Å². The highest BCUT2D eigenvalue weighted by Crippen LogP contribution is 2.17. The molecule has 104 valence electrons. The van der Waals surface area contributed by atoms with Crippen molar-refractivity contribution in [3.05, 3.63) is 39.9 Å². The summed E-state index contributed by atoms with van der Waals surface area (Å²) in [4.78, 5) is 22.1. The van der Waals surface area contributed by atoms with E-state index in [-0.39, 0.29) is 18.1 Å². The van der Waals surface area contributed by atoms with Crippen molar-refractivity contribution in [1.29, 1.82) is 0 Å². The molecule has 1 unspecified atom stereocenters. The maximum atomic E-state index is 11.7. The van der Waals surface area contributed by atoms with E-state index in [1.54, 1.807) is 18.2 Å². The zero-order chi connectivity index (χ0) is 14.4. The van der Waals surface area contributed by atoms with Crippen LogP contribution in [-0.2, 0) is 11.3 Å². The average molecular weight is 265 g/mol. The van der Waals surface area contributed by atoms with Gasteiger partial charge in [-0.3, -0.25) is 14.9 Å². The lowest BCUT2D eigenvalue weighted by molar-refractivity contribution is -0.385. The monoisotopic (exact) mass is 265 g/mol. The van der Waals surface area contributed by atoms with Gasteiger partial charge in [-0.15, -0.1) is 0 Å². The fourth-order valence-corrected chi connectivity index (χ4v) is 1.77. The van der Waals surface area contributed by atoms with Gasteiger partial charge in [0.2, 0.25) is 5.91 Å². The van der Waals surface area contributed by atoms with Crippen molar-refractivity contribution < 1.29 is 9.72 Å². The molecule has 0 saturated carbocycles. The van der Waals surface area contributed by atoms with E-state index in [1.807, 2.05) is 13.8 Å². The zero-order valence-corrected chi connectivity index (χ0v) is 11.1. The van der Waals surface area contributed by atoms with E-state index in [4.69, 9.17) is 5.73 Å². The summed E-state index contributed by atoms with van der Waals surface area (Å²) in [7, 11) is 0. The minimum absolute atomic E-state index is 0.000214. The molecule has 1 rings (SSSR count). The first-order valence-electron chi connectivity index (χ1n) is 6.17. The van der Waals surface area contributed by atoms with Gasteiger partial charge in [0.15, 0.2) is 0 Å². The van der Waals surface area contributed by atoms with Gasteiger partial charge in [-0.1, -0.05) is 32.0 Å². The van der Waals surface area contributed by atoms with Gasteiger partial charge in [0, 0.05) is 18.2 Å². The number of hydrogen-bond donors (Lipinski definition) is 2. The van der Waals surface area contributed by atoms with Crippen molar-refractivity contribution in [2.24, 2.45) is 11.7 Å². The first kappa shape index (κ1) is 15.1. The number of benzene rings is 1. The molecule has 0 aliphatic rings. The van der Waals surface area contributed by atoms with Crippen molar-refractivity contribution >= 4 is 11.6 Å². The molecule has 3 N–H and O–H groups in total. The number of nitro groups is 1. The number of carbonyl (C=O) groups is 1. The van der Waals surface area contributed by atoms with Gasteiger partial charge >= 0.3 is 0 Å². The normalized spacial score (nSPS) is 12.2. The lowest BCUT2D eigenvalue weighted by Gasteiger charge is -2.14. The van der Waals surface area contributed by atoms with Crippen LogP contribution in [0.3, 0.4) is 0 Å². The van der Waals surface area contributed by atoms with Gasteiger partial charge in [-0.25, -0.2) is 0 Å². The molecule has 1 aromatic carbocycles. The van der Waals surface area contributed by atoms with Gasteiger partial charge in [-0.2, -0.15) is 0 Å². The molecule has 0 spiro atoms. The maximum Gasteiger partial charge on any atom is 0.274 e. The number of rotatable bonds is 6. The van der Waals surface area contributed by atoms with Crippen molar-refractivity contribution in [2.75, 3.05) is 0 Å². The molecule has 0 bridgehead atoms. The van der Waals surface area contributed by atoms with Crippen LogP contribution >= 0.6 is 0 Å². The third-order valence-electron chi connectivity index (χ3n) is 2.70. The molecule has 0 aliphatic heterocycles. The summed E-state index contributed by atoms with van der Waals surface area (Å²) >= 11 is 0. The van der Waals surface area contributed by atoms with Crippen molar-refractivity contribution in [2.45, 2.75) is 32.9 Å². The molecular formula is C13H19N3O3. The van der Waals surface area contributed by atoms with Crippen LogP contribution in [0.15, 0.2) is 24.3 Å². The Morgan fingerprint density at radius 1 is 1.42 bits per heavy atom. The number of carbonyl (C=O) groups excluding carboxylic acids is 1. The fourth-order valence-electron chi connectivity index (χ4n) is 1.77. The number of nitrogens with one attached hydrogen (secondary N) is 1. The van der Waals surface area contributed by atoms with Crippen LogP contribution in [0.4, 0.5) is 5.69 Å². The second-order valence-corrected chi connectivity index (χ2v) is 4.84. The molecule has 0 radical (unpaired) electrons. The quantitative estimate of drug-likeness (QED) is 0.602. The largest absolute Gasteiger partial charge is 0.350 e. The number of nitrogens with zero attached hydrogens (tertiary/aromatic N) is 1. The van der Waals surface area contributed by atoms with E-state index in [0.29, 0.717) is 17.9 Å². The van der Waals surface area contributed by atoms with E-state index in [9.17, 15) is 14.9 Å². The predicted octanol–water partition coefficient (Wildman–Crippen LogP) is 1.58. The van der Waals surface area contributed by atoms with Crippen LogP contribution in [0.2, 0.25) is 0 Å². The first-order chi connectivity index (χ1) is 8.91. The number of amides is 1. The Hall–Kier alpha value is -1.95. The molecule has 1 amide bonds. The smallest absolute Gasteiger partial charge is 0.274 e. The average Bonchev–Trinajstić information content (AvgIpc) is 2.35. The van der Waals surface area contributed by atoms with Gasteiger partial charge in [0.1, 0.15) is 0 Å². The first-order valence-corrected chi connectivity index (χ1v) is 6.17. The second-order valence-electron chi connectivity index (χ2n) is 4.84. The predicted molar refractivity (Wildman–Crippen MR) is 72.4 cm³/mol. The summed E-state index contributed by atoms with van der Waals surface area (Å²) in [6.45, 7) is 4.08. The van der Waals surface area contributed by atoms with Crippen LogP contribution < -0.4 is 11.1 Å². The lowest BCUT2D eigenvalue weighted by Crippen LogP contribution is -2.41. The van der Waals surface area contributed by atoms with Crippen LogP contribution in [0, 0.1) is 16.0 Å². The van der Waals surface area contributed by atoms with Crippen molar-refractivity contribution in [3.63, 3.8) is 0 Å². The standard InChI is InChI=1S/C13H19N3O3/c1-9(2)7-11(14)13(17)15-8-10-5-3-4-6-12(10)16(18)19/h3-6,9,11H,7-8,14H2,1-2H3,(H,15,17). The Morgan fingerprint density at radius 2 is 2.05 bits per heavy atom. The summed E-state index contributed by atoms with van der Waals surface area (Å²) in [5.41, 5.74) is 6.20. The van der Waals surface area contributed by atoms with E-state index in [2.05, 4.69) is 5.32 Å². The third-order valence-corrected chi connectivity index (χ3v) is 2.70. The van der Waals surface area contributed by atoms with Crippen LogP contribution in [0.1, 0.15) is 25.8 Å². The molecule has 0 saturated heterocycles. The van der Waals surface area contributed by atoms with Gasteiger partial charge in [0.05, 0.1) is 11.0 Å². The Balaban J connectivity index is 2.62. The minimum atomic E-state index is -0.581. The van der Waals surface area contributed by atoms with Crippen LogP contribution in [-0.4, -0.2) is 16.9 Å². The molecular weight excluding hydrogens is 246 g/mol. The van der Waals surface area contributed by atoms with Gasteiger partial charge in [-0.05, 0) is 12.3 Å². The van der Waals surface area contributed by atoms with E-state index in [0.717, 1.165) is 0 Å². The highest BCUT2D eigenvalue weighted by Gasteiger charge is 2.17. The molecule has 0 aromatic heterocycles. The fraction of sp³-hybridized carbons (Fsp3) is 0.462. The molecule has 6 nitrogen and oxygen atoms in total. The summed E-state index contributed by atoms with van der Waals surface area (Å²) < 4.78 is 0. The third kappa shape index (κ3) is 4.67. The number of para-hydroxylation sites is 1. The summed E-state index contributed by atoms with van der Waals surface area (Å²) in [5, 5.41) is 13.4. The van der Waals surface area contributed by atoms with Gasteiger partial charge < -0.3 is 11.1 Å². The number of hydrogen-bond acceptors (Lipinski definition) is 4. The molecule has 0 heterocycles. The summed E-state index contributed by atoms with van der Waals surface area (Å²) in [6, 6.07) is 5.74. The Labute approximate surface area is 112 Å². The highest BCUT2D eigenvalue weighted by atomic mass is 16.6. The summed E-state index contributed by atoms with van der Waals surface area (Å²) in [5.74, 6) is 0.0404. The van der Waals surface area contributed by atoms with E-state index >= 15 is 0 Å². The van der Waals surface area contributed by atoms with E-state index < -0.39 is 11.0 Å². The lowest BCUT2D eigenvalue weighted by atomic mass is 10.0. The Bertz CT molecular complexity index is 460.